The molecule has 1 saturated heterocycles. The summed E-state index contributed by atoms with van der Waals surface area (Å²) in [5, 5.41) is 6.06. The standard InChI is InChI=1S/C19H25N5O4/c1-3-27-19(26)24-8-6-14(7-9-24)22-17(25)16-11-13(2)21-18(23-16)20-12-15-5-4-10-28-15/h4-5,10-11,14H,3,6-9,12H2,1-2H3,(H,22,25)(H,20,21,23). The Morgan fingerprint density at radius 2 is 2.11 bits per heavy atom. The third-order valence-electron chi connectivity index (χ3n) is 4.44. The van der Waals surface area contributed by atoms with Gasteiger partial charge in [0, 0.05) is 24.8 Å². The predicted octanol–water partition coefficient (Wildman–Crippen LogP) is 2.34. The molecule has 1 aliphatic rings. The van der Waals surface area contributed by atoms with Crippen LogP contribution in [0.2, 0.25) is 0 Å². The lowest BCUT2D eigenvalue weighted by molar-refractivity contribution is 0.0856. The minimum atomic E-state index is -0.300. The number of hydrogen-bond donors (Lipinski definition) is 2. The summed E-state index contributed by atoms with van der Waals surface area (Å²) in [5.41, 5.74) is 1.00. The number of ether oxygens (including phenoxy) is 1. The van der Waals surface area contributed by atoms with Crippen molar-refractivity contribution >= 4 is 17.9 Å². The average Bonchev–Trinajstić information content (AvgIpc) is 3.20. The van der Waals surface area contributed by atoms with Crippen LogP contribution in [-0.2, 0) is 11.3 Å². The Labute approximate surface area is 163 Å². The number of furan rings is 1. The first-order chi connectivity index (χ1) is 13.5. The molecule has 1 aliphatic heterocycles. The second kappa shape index (κ2) is 9.20. The molecule has 0 saturated carbocycles. The number of piperidine rings is 1. The number of carbonyl (C=O) groups excluding carboxylic acids is 2. The molecule has 9 nitrogen and oxygen atoms in total. The largest absolute Gasteiger partial charge is 0.467 e. The van der Waals surface area contributed by atoms with Crippen LogP contribution in [-0.4, -0.2) is 52.6 Å². The third-order valence-corrected chi connectivity index (χ3v) is 4.44. The maximum absolute atomic E-state index is 12.6. The highest BCUT2D eigenvalue weighted by Gasteiger charge is 2.25. The van der Waals surface area contributed by atoms with Gasteiger partial charge in [-0.2, -0.15) is 0 Å². The predicted molar refractivity (Wildman–Crippen MR) is 102 cm³/mol. The summed E-state index contributed by atoms with van der Waals surface area (Å²) in [4.78, 5) is 34.6. The smallest absolute Gasteiger partial charge is 0.409 e. The molecule has 2 aromatic heterocycles. The molecule has 0 radical (unpaired) electrons. The van der Waals surface area contributed by atoms with E-state index in [9.17, 15) is 9.59 Å². The van der Waals surface area contributed by atoms with Crippen molar-refractivity contribution in [3.05, 3.63) is 41.6 Å². The van der Waals surface area contributed by atoms with Crippen LogP contribution in [0.25, 0.3) is 0 Å². The molecule has 2 amide bonds. The van der Waals surface area contributed by atoms with Gasteiger partial charge in [0.25, 0.3) is 5.91 Å². The monoisotopic (exact) mass is 387 g/mol. The van der Waals surface area contributed by atoms with Gasteiger partial charge in [0.1, 0.15) is 11.5 Å². The summed E-state index contributed by atoms with van der Waals surface area (Å²) in [5.74, 6) is 0.879. The summed E-state index contributed by atoms with van der Waals surface area (Å²) in [7, 11) is 0. The van der Waals surface area contributed by atoms with Crippen molar-refractivity contribution in [3.63, 3.8) is 0 Å². The number of carbonyl (C=O) groups is 2. The van der Waals surface area contributed by atoms with E-state index in [1.165, 1.54) is 0 Å². The normalized spacial score (nSPS) is 14.6. The molecule has 3 heterocycles. The summed E-state index contributed by atoms with van der Waals surface area (Å²) >= 11 is 0. The van der Waals surface area contributed by atoms with E-state index in [0.717, 1.165) is 5.76 Å². The minimum absolute atomic E-state index is 0.00650. The molecule has 28 heavy (non-hydrogen) atoms. The average molecular weight is 387 g/mol. The van der Waals surface area contributed by atoms with Crippen LogP contribution in [0.4, 0.5) is 10.7 Å². The lowest BCUT2D eigenvalue weighted by atomic mass is 10.1. The van der Waals surface area contributed by atoms with Crippen molar-refractivity contribution in [3.8, 4) is 0 Å². The molecular weight excluding hydrogens is 362 g/mol. The van der Waals surface area contributed by atoms with Crippen molar-refractivity contribution in [2.24, 2.45) is 0 Å². The fourth-order valence-electron chi connectivity index (χ4n) is 3.02. The molecular formula is C19H25N5O4. The Balaban J connectivity index is 1.55. The summed E-state index contributed by atoms with van der Waals surface area (Å²) in [6.07, 6.45) is 2.66. The maximum atomic E-state index is 12.6. The lowest BCUT2D eigenvalue weighted by Crippen LogP contribution is -2.46. The van der Waals surface area contributed by atoms with E-state index in [4.69, 9.17) is 9.15 Å². The summed E-state index contributed by atoms with van der Waals surface area (Å²) < 4.78 is 10.3. The molecule has 2 aromatic rings. The van der Waals surface area contributed by atoms with Crippen molar-refractivity contribution in [2.75, 3.05) is 25.0 Å². The second-order valence-electron chi connectivity index (χ2n) is 6.58. The summed E-state index contributed by atoms with van der Waals surface area (Å²) in [6.45, 7) is 5.51. The van der Waals surface area contributed by atoms with Crippen LogP contribution in [0, 0.1) is 6.92 Å². The number of hydrogen-bond acceptors (Lipinski definition) is 7. The van der Waals surface area contributed by atoms with Crippen LogP contribution in [0.15, 0.2) is 28.9 Å². The quantitative estimate of drug-likeness (QED) is 0.783. The zero-order chi connectivity index (χ0) is 19.9. The number of aryl methyl sites for hydroxylation is 1. The molecule has 150 valence electrons. The highest BCUT2D eigenvalue weighted by atomic mass is 16.6. The van der Waals surface area contributed by atoms with E-state index >= 15 is 0 Å². The molecule has 0 aromatic carbocycles. The van der Waals surface area contributed by atoms with Gasteiger partial charge in [0.2, 0.25) is 5.95 Å². The highest BCUT2D eigenvalue weighted by Crippen LogP contribution is 2.13. The molecule has 1 fully saturated rings. The Kier molecular flexibility index (Phi) is 6.46. The maximum Gasteiger partial charge on any atom is 0.409 e. The van der Waals surface area contributed by atoms with E-state index < -0.39 is 0 Å². The third kappa shape index (κ3) is 5.21. The van der Waals surface area contributed by atoms with Gasteiger partial charge in [-0.15, -0.1) is 0 Å². The molecule has 0 aliphatic carbocycles. The van der Waals surface area contributed by atoms with Gasteiger partial charge in [-0.3, -0.25) is 4.79 Å². The number of nitrogens with one attached hydrogen (secondary N) is 2. The van der Waals surface area contributed by atoms with Crippen molar-refractivity contribution in [1.82, 2.24) is 20.2 Å². The molecule has 0 bridgehead atoms. The first kappa shape index (κ1) is 19.7. The molecule has 9 heteroatoms. The van der Waals surface area contributed by atoms with Gasteiger partial charge in [-0.25, -0.2) is 14.8 Å². The van der Waals surface area contributed by atoms with Crippen molar-refractivity contribution in [2.45, 2.75) is 39.3 Å². The van der Waals surface area contributed by atoms with Crippen LogP contribution < -0.4 is 10.6 Å². The lowest BCUT2D eigenvalue weighted by Gasteiger charge is -2.31. The van der Waals surface area contributed by atoms with Gasteiger partial charge < -0.3 is 24.7 Å². The van der Waals surface area contributed by atoms with E-state index in [-0.39, 0.29) is 18.0 Å². The molecule has 0 atom stereocenters. The fourth-order valence-corrected chi connectivity index (χ4v) is 3.02. The number of nitrogens with zero attached hydrogens (tertiary/aromatic N) is 3. The van der Waals surface area contributed by atoms with E-state index in [1.54, 1.807) is 30.2 Å². The van der Waals surface area contributed by atoms with Crippen LogP contribution in [0.1, 0.15) is 41.7 Å². The number of amides is 2. The Hall–Kier alpha value is -3.10. The van der Waals surface area contributed by atoms with E-state index in [0.29, 0.717) is 56.4 Å². The second-order valence-corrected chi connectivity index (χ2v) is 6.58. The Morgan fingerprint density at radius 3 is 2.79 bits per heavy atom. The Morgan fingerprint density at radius 1 is 1.32 bits per heavy atom. The molecule has 2 N–H and O–H groups in total. The van der Waals surface area contributed by atoms with Crippen LogP contribution in [0.3, 0.4) is 0 Å². The number of aromatic nitrogens is 2. The van der Waals surface area contributed by atoms with Crippen LogP contribution in [0.5, 0.6) is 0 Å². The topological polar surface area (TPSA) is 110 Å². The zero-order valence-electron chi connectivity index (χ0n) is 16.1. The van der Waals surface area contributed by atoms with E-state index in [1.807, 2.05) is 13.0 Å². The van der Waals surface area contributed by atoms with Gasteiger partial charge in [0.15, 0.2) is 0 Å². The van der Waals surface area contributed by atoms with Gasteiger partial charge in [0.05, 0.1) is 19.4 Å². The minimum Gasteiger partial charge on any atom is -0.467 e. The SMILES string of the molecule is CCOC(=O)N1CCC(NC(=O)c2cc(C)nc(NCc3ccco3)n2)CC1. The van der Waals surface area contributed by atoms with Gasteiger partial charge in [-0.05, 0) is 44.9 Å². The zero-order valence-corrected chi connectivity index (χ0v) is 16.1. The number of likely N-dealkylation sites (tertiary alicyclic amines) is 1. The first-order valence-electron chi connectivity index (χ1n) is 9.39. The molecule has 3 rings (SSSR count). The summed E-state index contributed by atoms with van der Waals surface area (Å²) in [6, 6.07) is 5.30. The van der Waals surface area contributed by atoms with Crippen molar-refractivity contribution in [1.29, 1.82) is 0 Å². The van der Waals surface area contributed by atoms with Gasteiger partial charge in [-0.1, -0.05) is 0 Å². The van der Waals surface area contributed by atoms with Crippen molar-refractivity contribution < 1.29 is 18.7 Å². The first-order valence-corrected chi connectivity index (χ1v) is 9.39. The van der Waals surface area contributed by atoms with E-state index in [2.05, 4.69) is 20.6 Å². The highest BCUT2D eigenvalue weighted by molar-refractivity contribution is 5.92. The molecule has 0 spiro atoms. The number of rotatable bonds is 6. The fraction of sp³-hybridized carbons (Fsp3) is 0.474. The molecule has 0 unspecified atom stereocenters. The Bertz CT molecular complexity index is 801. The number of anilines is 1. The van der Waals surface area contributed by atoms with Crippen LogP contribution >= 0.6 is 0 Å². The van der Waals surface area contributed by atoms with Gasteiger partial charge >= 0.3 is 6.09 Å².